The van der Waals surface area contributed by atoms with Gasteiger partial charge >= 0.3 is 0 Å². The summed E-state index contributed by atoms with van der Waals surface area (Å²) in [6.07, 6.45) is 5.73. The van der Waals surface area contributed by atoms with Gasteiger partial charge in [0.15, 0.2) is 0 Å². The highest BCUT2D eigenvalue weighted by atomic mass is 14.4. The van der Waals surface area contributed by atoms with E-state index in [2.05, 4.69) is 30.3 Å². The van der Waals surface area contributed by atoms with Crippen molar-refractivity contribution < 1.29 is 0 Å². The van der Waals surface area contributed by atoms with E-state index in [-0.39, 0.29) is 0 Å². The zero-order valence-electron chi connectivity index (χ0n) is 8.50. The molecule has 1 aromatic rings. The van der Waals surface area contributed by atoms with Crippen LogP contribution >= 0.6 is 0 Å². The van der Waals surface area contributed by atoms with Crippen LogP contribution < -0.4 is 0 Å². The van der Waals surface area contributed by atoms with Gasteiger partial charge in [-0.1, -0.05) is 30.3 Å². The minimum atomic E-state index is 0.721. The molecule has 0 saturated heterocycles. The number of benzene rings is 1. The lowest BCUT2D eigenvalue weighted by Gasteiger charge is -2.22. The summed E-state index contributed by atoms with van der Waals surface area (Å²) in [6.45, 7) is 0. The minimum Gasteiger partial charge on any atom is -0.310 e. The third-order valence-corrected chi connectivity index (χ3v) is 2.99. The van der Waals surface area contributed by atoms with Crippen molar-refractivity contribution in [3.05, 3.63) is 35.9 Å². The van der Waals surface area contributed by atoms with Gasteiger partial charge < -0.3 is 5.41 Å². The molecule has 1 aliphatic rings. The molecule has 1 aliphatic carbocycles. The summed E-state index contributed by atoms with van der Waals surface area (Å²) >= 11 is 0. The summed E-state index contributed by atoms with van der Waals surface area (Å²) in [5, 5.41) is 7.68. The van der Waals surface area contributed by atoms with E-state index in [9.17, 15) is 0 Å². The summed E-state index contributed by atoms with van der Waals surface area (Å²) in [5.41, 5.74) is 2.38. The minimum absolute atomic E-state index is 0.721. The Bertz CT molecular complexity index is 302. The first-order valence-corrected chi connectivity index (χ1v) is 5.45. The lowest BCUT2D eigenvalue weighted by molar-refractivity contribution is 0.456. The van der Waals surface area contributed by atoms with Crippen molar-refractivity contribution in [2.75, 3.05) is 0 Å². The molecule has 2 rings (SSSR count). The summed E-state index contributed by atoms with van der Waals surface area (Å²) in [5.74, 6) is 0.721. The fourth-order valence-corrected chi connectivity index (χ4v) is 2.28. The van der Waals surface area contributed by atoms with E-state index in [1.807, 2.05) is 0 Å². The quantitative estimate of drug-likeness (QED) is 0.733. The Hall–Kier alpha value is -1.11. The Morgan fingerprint density at radius 1 is 1.21 bits per heavy atom. The maximum absolute atomic E-state index is 7.68. The topological polar surface area (TPSA) is 23.9 Å². The fraction of sp³-hybridized carbons (Fsp3) is 0.462. The zero-order valence-corrected chi connectivity index (χ0v) is 8.50. The van der Waals surface area contributed by atoms with E-state index in [1.165, 1.54) is 18.4 Å². The SMILES string of the molecule is N=C1CCCC(Cc2ccccc2)C1. The number of nitrogens with one attached hydrogen (secondary N) is 1. The van der Waals surface area contributed by atoms with Crippen molar-refractivity contribution in [1.29, 1.82) is 5.41 Å². The average Bonchev–Trinajstić information content (AvgIpc) is 2.19. The molecule has 1 heteroatoms. The average molecular weight is 187 g/mol. The van der Waals surface area contributed by atoms with Crippen LogP contribution in [0.3, 0.4) is 0 Å². The molecule has 0 bridgehead atoms. The molecule has 0 aromatic heterocycles. The van der Waals surface area contributed by atoms with Crippen LogP contribution in [0.25, 0.3) is 0 Å². The maximum Gasteiger partial charge on any atom is 0.00920 e. The second kappa shape index (κ2) is 4.41. The van der Waals surface area contributed by atoms with E-state index < -0.39 is 0 Å². The van der Waals surface area contributed by atoms with Gasteiger partial charge in [0.25, 0.3) is 0 Å². The molecule has 0 amide bonds. The first kappa shape index (κ1) is 9.45. The maximum atomic E-state index is 7.68. The van der Waals surface area contributed by atoms with E-state index in [0.29, 0.717) is 0 Å². The number of hydrogen-bond donors (Lipinski definition) is 1. The van der Waals surface area contributed by atoms with Gasteiger partial charge in [-0.05, 0) is 43.6 Å². The predicted molar refractivity (Wildman–Crippen MR) is 59.8 cm³/mol. The Morgan fingerprint density at radius 3 is 2.71 bits per heavy atom. The summed E-state index contributed by atoms with van der Waals surface area (Å²) in [6, 6.07) is 10.6. The van der Waals surface area contributed by atoms with Crippen LogP contribution in [0.5, 0.6) is 0 Å². The van der Waals surface area contributed by atoms with E-state index in [0.717, 1.165) is 30.9 Å². The predicted octanol–water partition coefficient (Wildman–Crippen LogP) is 3.44. The van der Waals surface area contributed by atoms with Crippen LogP contribution in [0, 0.1) is 11.3 Å². The Balaban J connectivity index is 1.94. The van der Waals surface area contributed by atoms with Crippen LogP contribution in [0.4, 0.5) is 0 Å². The van der Waals surface area contributed by atoms with Crippen molar-refractivity contribution in [2.24, 2.45) is 5.92 Å². The van der Waals surface area contributed by atoms with Crippen molar-refractivity contribution in [3.8, 4) is 0 Å². The van der Waals surface area contributed by atoms with Gasteiger partial charge in [0.05, 0.1) is 0 Å². The van der Waals surface area contributed by atoms with Crippen LogP contribution in [0.1, 0.15) is 31.2 Å². The number of rotatable bonds is 2. The molecule has 0 heterocycles. The molecule has 0 spiro atoms. The Morgan fingerprint density at radius 2 is 2.00 bits per heavy atom. The van der Waals surface area contributed by atoms with Gasteiger partial charge in [-0.3, -0.25) is 0 Å². The monoisotopic (exact) mass is 187 g/mol. The Labute approximate surface area is 85.7 Å². The third-order valence-electron chi connectivity index (χ3n) is 2.99. The number of hydrogen-bond acceptors (Lipinski definition) is 1. The second-order valence-corrected chi connectivity index (χ2v) is 4.26. The molecule has 0 radical (unpaired) electrons. The van der Waals surface area contributed by atoms with E-state index in [4.69, 9.17) is 5.41 Å². The van der Waals surface area contributed by atoms with Crippen LogP contribution in [-0.4, -0.2) is 5.71 Å². The standard InChI is InChI=1S/C13H17N/c14-13-8-4-7-12(10-13)9-11-5-2-1-3-6-11/h1-3,5-6,12,14H,4,7-10H2. The van der Waals surface area contributed by atoms with Gasteiger partial charge in [-0.25, -0.2) is 0 Å². The first-order valence-electron chi connectivity index (χ1n) is 5.45. The van der Waals surface area contributed by atoms with Gasteiger partial charge in [-0.2, -0.15) is 0 Å². The van der Waals surface area contributed by atoms with Crippen LogP contribution in [-0.2, 0) is 6.42 Å². The molecular formula is C13H17N. The molecule has 1 aromatic carbocycles. The van der Waals surface area contributed by atoms with E-state index >= 15 is 0 Å². The van der Waals surface area contributed by atoms with Gasteiger partial charge in [0.1, 0.15) is 0 Å². The third kappa shape index (κ3) is 2.44. The normalized spacial score (nSPS) is 22.3. The molecule has 1 N–H and O–H groups in total. The van der Waals surface area contributed by atoms with Crippen molar-refractivity contribution in [2.45, 2.75) is 32.1 Å². The molecule has 14 heavy (non-hydrogen) atoms. The molecule has 1 nitrogen and oxygen atoms in total. The molecule has 0 aliphatic heterocycles. The van der Waals surface area contributed by atoms with Crippen LogP contribution in [0.15, 0.2) is 30.3 Å². The molecule has 1 atom stereocenters. The van der Waals surface area contributed by atoms with Crippen molar-refractivity contribution in [1.82, 2.24) is 0 Å². The highest BCUT2D eigenvalue weighted by Crippen LogP contribution is 2.24. The summed E-state index contributed by atoms with van der Waals surface area (Å²) in [4.78, 5) is 0. The molecular weight excluding hydrogens is 170 g/mol. The van der Waals surface area contributed by atoms with Crippen molar-refractivity contribution >= 4 is 5.71 Å². The van der Waals surface area contributed by atoms with Gasteiger partial charge in [0.2, 0.25) is 0 Å². The molecule has 1 unspecified atom stereocenters. The smallest absolute Gasteiger partial charge is 0.00920 e. The summed E-state index contributed by atoms with van der Waals surface area (Å²) < 4.78 is 0. The molecule has 74 valence electrons. The van der Waals surface area contributed by atoms with Gasteiger partial charge in [0, 0.05) is 5.71 Å². The van der Waals surface area contributed by atoms with Gasteiger partial charge in [-0.15, -0.1) is 0 Å². The zero-order chi connectivity index (χ0) is 9.80. The van der Waals surface area contributed by atoms with Crippen LogP contribution in [0.2, 0.25) is 0 Å². The second-order valence-electron chi connectivity index (χ2n) is 4.26. The Kier molecular flexibility index (Phi) is 2.97. The van der Waals surface area contributed by atoms with Crippen molar-refractivity contribution in [3.63, 3.8) is 0 Å². The largest absolute Gasteiger partial charge is 0.310 e. The van der Waals surface area contributed by atoms with E-state index in [1.54, 1.807) is 0 Å². The lowest BCUT2D eigenvalue weighted by Crippen LogP contribution is -2.16. The highest BCUT2D eigenvalue weighted by molar-refractivity contribution is 5.82. The first-order chi connectivity index (χ1) is 6.84. The molecule has 1 fully saturated rings. The lowest BCUT2D eigenvalue weighted by atomic mass is 9.84. The molecule has 1 saturated carbocycles. The fourth-order valence-electron chi connectivity index (χ4n) is 2.28. The highest BCUT2D eigenvalue weighted by Gasteiger charge is 2.16. The summed E-state index contributed by atoms with van der Waals surface area (Å²) in [7, 11) is 0.